The summed E-state index contributed by atoms with van der Waals surface area (Å²) in [7, 11) is -3.20. The van der Waals surface area contributed by atoms with Crippen LogP contribution in [0.5, 0.6) is 0 Å². The lowest BCUT2D eigenvalue weighted by Gasteiger charge is -2.31. The van der Waals surface area contributed by atoms with Gasteiger partial charge in [0.15, 0.2) is 0 Å². The first kappa shape index (κ1) is 22.7. The number of anilines is 1. The van der Waals surface area contributed by atoms with E-state index in [1.807, 2.05) is 0 Å². The first-order valence-electron chi connectivity index (χ1n) is 10.9. The second-order valence-corrected chi connectivity index (χ2v) is 11.1. The summed E-state index contributed by atoms with van der Waals surface area (Å²) < 4.78 is 26.5. The minimum atomic E-state index is -3.20. The average Bonchev–Trinajstić information content (AvgIpc) is 3.07. The van der Waals surface area contributed by atoms with Crippen LogP contribution in [-0.2, 0) is 10.0 Å². The monoisotopic (exact) mass is 459 g/mol. The first-order chi connectivity index (χ1) is 15.0. The van der Waals surface area contributed by atoms with Gasteiger partial charge in [0.1, 0.15) is 5.65 Å². The van der Waals surface area contributed by atoms with Crippen LogP contribution in [0.2, 0.25) is 0 Å². The molecule has 4 rings (SSSR count). The molecule has 1 saturated carbocycles. The van der Waals surface area contributed by atoms with Crippen molar-refractivity contribution in [3.63, 3.8) is 0 Å². The third-order valence-electron chi connectivity index (χ3n) is 6.80. The van der Waals surface area contributed by atoms with E-state index < -0.39 is 21.7 Å². The number of nitrogens with one attached hydrogen (secondary N) is 1. The average molecular weight is 460 g/mol. The number of piperidine rings is 1. The Morgan fingerprint density at radius 3 is 2.56 bits per heavy atom. The molecule has 32 heavy (non-hydrogen) atoms. The summed E-state index contributed by atoms with van der Waals surface area (Å²) in [5.41, 5.74) is 0.00197. The molecule has 172 valence electrons. The molecule has 0 bridgehead atoms. The Bertz CT molecular complexity index is 1250. The molecule has 1 saturated heterocycles. The molecule has 2 N–H and O–H groups in total. The predicted molar refractivity (Wildman–Crippen MR) is 123 cm³/mol. The number of pyridine rings is 1. The Morgan fingerprint density at radius 1 is 1.31 bits per heavy atom. The first-order valence-corrected chi connectivity index (χ1v) is 12.7. The Labute approximate surface area is 187 Å². The maximum absolute atomic E-state index is 13.3. The van der Waals surface area contributed by atoms with E-state index in [-0.39, 0.29) is 17.2 Å². The Balaban J connectivity index is 1.73. The number of aromatic nitrogens is 3. The fourth-order valence-corrected chi connectivity index (χ4v) is 5.79. The molecule has 2 fully saturated rings. The predicted octanol–water partition coefficient (Wildman–Crippen LogP) is 1.39. The van der Waals surface area contributed by atoms with Crippen molar-refractivity contribution in [2.45, 2.75) is 63.6 Å². The van der Waals surface area contributed by atoms with E-state index >= 15 is 0 Å². The molecule has 2 atom stereocenters. The topological polar surface area (TPSA) is 117 Å². The van der Waals surface area contributed by atoms with Crippen LogP contribution >= 0.6 is 0 Å². The molecule has 1 aliphatic carbocycles. The van der Waals surface area contributed by atoms with E-state index in [9.17, 15) is 18.3 Å². The lowest BCUT2D eigenvalue weighted by atomic mass is 9.98. The zero-order valence-corrected chi connectivity index (χ0v) is 19.4. The van der Waals surface area contributed by atoms with Crippen LogP contribution in [0.3, 0.4) is 0 Å². The van der Waals surface area contributed by atoms with Gasteiger partial charge in [-0.2, -0.15) is 4.98 Å². The van der Waals surface area contributed by atoms with Crippen molar-refractivity contribution in [1.82, 2.24) is 18.8 Å². The lowest BCUT2D eigenvalue weighted by Crippen LogP contribution is -2.42. The summed E-state index contributed by atoms with van der Waals surface area (Å²) in [6.45, 7) is 4.40. The van der Waals surface area contributed by atoms with E-state index in [1.54, 1.807) is 24.6 Å². The van der Waals surface area contributed by atoms with Gasteiger partial charge in [-0.25, -0.2) is 17.7 Å². The van der Waals surface area contributed by atoms with Gasteiger partial charge in [-0.15, -0.1) is 6.42 Å². The summed E-state index contributed by atoms with van der Waals surface area (Å²) >= 11 is 0. The van der Waals surface area contributed by atoms with E-state index in [0.29, 0.717) is 61.3 Å². The van der Waals surface area contributed by atoms with E-state index in [1.165, 1.54) is 10.6 Å². The highest BCUT2D eigenvalue weighted by Gasteiger charge is 2.40. The standard InChI is InChI=1S/C22H29N5O4S/c1-5-16-14(2)17-13-23-21(24-15-8-11-26(12-9-15)32(4,30)31)25-19(17)27(20(16)28)18-7-6-10-22(18,3)29/h1,13,15,18,29H,6-12H2,2-4H3,(H,23,24,25)/t18-,22-/m1/s1. The fraction of sp³-hybridized carbons (Fsp3) is 0.591. The molecular formula is C22H29N5O4S. The second kappa shape index (κ2) is 8.14. The van der Waals surface area contributed by atoms with Crippen LogP contribution < -0.4 is 10.9 Å². The number of sulfonamides is 1. The molecule has 9 nitrogen and oxygen atoms in total. The van der Waals surface area contributed by atoms with Crippen LogP contribution in [0.1, 0.15) is 56.2 Å². The molecule has 0 aromatic carbocycles. The molecule has 10 heteroatoms. The van der Waals surface area contributed by atoms with Crippen LogP contribution in [0.4, 0.5) is 5.95 Å². The molecule has 2 aromatic rings. The van der Waals surface area contributed by atoms with E-state index in [0.717, 1.165) is 6.42 Å². The third kappa shape index (κ3) is 4.00. The summed E-state index contributed by atoms with van der Waals surface area (Å²) in [5, 5.41) is 14.9. The molecular weight excluding hydrogens is 430 g/mol. The van der Waals surface area contributed by atoms with Gasteiger partial charge in [0.2, 0.25) is 16.0 Å². The van der Waals surface area contributed by atoms with Crippen molar-refractivity contribution in [1.29, 1.82) is 0 Å². The maximum Gasteiger partial charge on any atom is 0.268 e. The minimum Gasteiger partial charge on any atom is -0.388 e. The van der Waals surface area contributed by atoms with Gasteiger partial charge in [-0.3, -0.25) is 9.36 Å². The number of aliphatic hydroxyl groups is 1. The van der Waals surface area contributed by atoms with Crippen LogP contribution in [0.25, 0.3) is 11.0 Å². The van der Waals surface area contributed by atoms with Crippen LogP contribution in [0.15, 0.2) is 11.0 Å². The lowest BCUT2D eigenvalue weighted by molar-refractivity contribution is 0.0266. The van der Waals surface area contributed by atoms with Crippen molar-refractivity contribution in [2.75, 3.05) is 24.7 Å². The number of terminal acetylenes is 1. The number of nitrogens with zero attached hydrogens (tertiary/aromatic N) is 4. The molecule has 0 amide bonds. The SMILES string of the molecule is C#Cc1c(C)c2cnc(NC3CCN(S(C)(=O)=O)CC3)nc2n([C@@H]2CCC[C@@]2(C)O)c1=O. The Kier molecular flexibility index (Phi) is 5.77. The van der Waals surface area contributed by atoms with Gasteiger partial charge in [0.05, 0.1) is 23.5 Å². The second-order valence-electron chi connectivity index (χ2n) is 9.10. The molecule has 3 heterocycles. The van der Waals surface area contributed by atoms with Crippen molar-refractivity contribution in [3.05, 3.63) is 27.7 Å². The smallest absolute Gasteiger partial charge is 0.268 e. The third-order valence-corrected chi connectivity index (χ3v) is 8.10. The van der Waals surface area contributed by atoms with Gasteiger partial charge in [-0.05, 0) is 51.5 Å². The number of aryl methyl sites for hydroxylation is 1. The quantitative estimate of drug-likeness (QED) is 0.664. The molecule has 0 unspecified atom stereocenters. The molecule has 2 aromatic heterocycles. The van der Waals surface area contributed by atoms with Crippen molar-refractivity contribution in [2.24, 2.45) is 0 Å². The zero-order valence-electron chi connectivity index (χ0n) is 18.6. The number of hydrogen-bond acceptors (Lipinski definition) is 7. The summed E-state index contributed by atoms with van der Waals surface area (Å²) in [4.78, 5) is 22.4. The van der Waals surface area contributed by atoms with Crippen LogP contribution in [0, 0.1) is 19.3 Å². The maximum atomic E-state index is 13.3. The molecule has 2 aliphatic rings. The zero-order chi connectivity index (χ0) is 23.3. The van der Waals surface area contributed by atoms with Crippen molar-refractivity contribution < 1.29 is 13.5 Å². The van der Waals surface area contributed by atoms with Gasteiger partial charge >= 0.3 is 0 Å². The van der Waals surface area contributed by atoms with E-state index in [4.69, 9.17) is 6.42 Å². The molecule has 0 radical (unpaired) electrons. The summed E-state index contributed by atoms with van der Waals surface area (Å²) in [6.07, 6.45) is 11.9. The van der Waals surface area contributed by atoms with Crippen molar-refractivity contribution in [3.8, 4) is 12.3 Å². The minimum absolute atomic E-state index is 0.0197. The van der Waals surface area contributed by atoms with E-state index in [2.05, 4.69) is 21.2 Å². The number of hydrogen-bond donors (Lipinski definition) is 2. The molecule has 0 spiro atoms. The number of fused-ring (bicyclic) bond motifs is 1. The largest absolute Gasteiger partial charge is 0.388 e. The van der Waals surface area contributed by atoms with Crippen LogP contribution in [-0.4, -0.2) is 63.4 Å². The Morgan fingerprint density at radius 2 is 2.00 bits per heavy atom. The fourth-order valence-electron chi connectivity index (χ4n) is 4.91. The highest BCUT2D eigenvalue weighted by molar-refractivity contribution is 7.88. The van der Waals surface area contributed by atoms with Gasteiger partial charge in [0, 0.05) is 30.7 Å². The highest BCUT2D eigenvalue weighted by Crippen LogP contribution is 2.39. The summed E-state index contributed by atoms with van der Waals surface area (Å²) in [6, 6.07) is -0.405. The highest BCUT2D eigenvalue weighted by atomic mass is 32.2. The molecule has 1 aliphatic heterocycles. The van der Waals surface area contributed by atoms with Gasteiger partial charge < -0.3 is 10.4 Å². The number of rotatable bonds is 4. The van der Waals surface area contributed by atoms with Gasteiger partial charge in [-0.1, -0.05) is 5.92 Å². The van der Waals surface area contributed by atoms with Gasteiger partial charge in [0.25, 0.3) is 5.56 Å². The Hall–Kier alpha value is -2.48. The normalized spacial score (nSPS) is 25.2. The summed E-state index contributed by atoms with van der Waals surface area (Å²) in [5.74, 6) is 2.87. The van der Waals surface area contributed by atoms with Crippen molar-refractivity contribution >= 4 is 27.0 Å².